The third-order valence-electron chi connectivity index (χ3n) is 2.53. The van der Waals surface area contributed by atoms with Gasteiger partial charge in [0.15, 0.2) is 0 Å². The molecule has 5 nitrogen and oxygen atoms in total. The second kappa shape index (κ2) is 4.78. The van der Waals surface area contributed by atoms with E-state index in [0.717, 1.165) is 11.3 Å². The van der Waals surface area contributed by atoms with Crippen molar-refractivity contribution in [2.75, 3.05) is 18.2 Å². The third-order valence-corrected chi connectivity index (χ3v) is 2.53. The van der Waals surface area contributed by atoms with Crippen molar-refractivity contribution in [2.24, 2.45) is 7.05 Å². The van der Waals surface area contributed by atoms with Crippen LogP contribution in [-0.2, 0) is 13.6 Å². The Labute approximate surface area is 100 Å². The summed E-state index contributed by atoms with van der Waals surface area (Å²) in [5.41, 5.74) is 8.55. The molecule has 0 saturated heterocycles. The number of para-hydroxylation sites is 1. The van der Waals surface area contributed by atoms with E-state index in [2.05, 4.69) is 10.4 Å². The molecule has 0 spiro atoms. The highest BCUT2D eigenvalue weighted by atomic mass is 16.5. The van der Waals surface area contributed by atoms with Gasteiger partial charge in [-0.1, -0.05) is 6.07 Å². The summed E-state index contributed by atoms with van der Waals surface area (Å²) in [4.78, 5) is 0. The smallest absolute Gasteiger partial charge is 0.143 e. The molecular formula is C12H16N4O. The summed E-state index contributed by atoms with van der Waals surface area (Å²) in [7, 11) is 3.50. The van der Waals surface area contributed by atoms with E-state index in [4.69, 9.17) is 10.5 Å². The molecule has 90 valence electrons. The van der Waals surface area contributed by atoms with Crippen LogP contribution in [0.2, 0.25) is 0 Å². The number of nitrogens with one attached hydrogen (secondary N) is 1. The molecule has 0 saturated carbocycles. The van der Waals surface area contributed by atoms with Crippen molar-refractivity contribution in [3.63, 3.8) is 0 Å². The molecule has 0 radical (unpaired) electrons. The first-order valence-electron chi connectivity index (χ1n) is 5.34. The van der Waals surface area contributed by atoms with Crippen molar-refractivity contribution >= 4 is 11.4 Å². The van der Waals surface area contributed by atoms with E-state index < -0.39 is 0 Å². The molecule has 17 heavy (non-hydrogen) atoms. The topological polar surface area (TPSA) is 65.1 Å². The van der Waals surface area contributed by atoms with E-state index in [1.54, 1.807) is 11.8 Å². The monoisotopic (exact) mass is 232 g/mol. The van der Waals surface area contributed by atoms with E-state index in [1.807, 2.05) is 37.6 Å². The minimum atomic E-state index is 0.624. The lowest BCUT2D eigenvalue weighted by Gasteiger charge is -2.11. The maximum Gasteiger partial charge on any atom is 0.143 e. The fraction of sp³-hybridized carbons (Fsp3) is 0.250. The minimum absolute atomic E-state index is 0.624. The molecule has 0 unspecified atom stereocenters. The van der Waals surface area contributed by atoms with E-state index >= 15 is 0 Å². The predicted octanol–water partition coefficient (Wildman–Crippen LogP) is 1.62. The Morgan fingerprint density at radius 3 is 2.94 bits per heavy atom. The number of rotatable bonds is 4. The molecule has 2 rings (SSSR count). The minimum Gasteiger partial charge on any atom is -0.495 e. The molecule has 0 aliphatic carbocycles. The first kappa shape index (κ1) is 11.3. The Bertz CT molecular complexity index is 507. The summed E-state index contributed by atoms with van der Waals surface area (Å²) < 4.78 is 6.93. The van der Waals surface area contributed by atoms with Gasteiger partial charge in [-0.05, 0) is 12.1 Å². The van der Waals surface area contributed by atoms with Crippen LogP contribution < -0.4 is 15.8 Å². The number of ether oxygens (including phenoxy) is 1. The quantitative estimate of drug-likeness (QED) is 0.786. The molecule has 0 bridgehead atoms. The Hall–Kier alpha value is -2.17. The van der Waals surface area contributed by atoms with Gasteiger partial charge in [0.1, 0.15) is 5.75 Å². The van der Waals surface area contributed by atoms with Crippen molar-refractivity contribution in [2.45, 2.75) is 6.54 Å². The fourth-order valence-electron chi connectivity index (χ4n) is 1.64. The number of aryl methyl sites for hydroxylation is 1. The highest BCUT2D eigenvalue weighted by molar-refractivity contribution is 5.72. The van der Waals surface area contributed by atoms with E-state index in [9.17, 15) is 0 Å². The highest BCUT2D eigenvalue weighted by Gasteiger charge is 2.04. The van der Waals surface area contributed by atoms with Crippen LogP contribution >= 0.6 is 0 Å². The van der Waals surface area contributed by atoms with E-state index in [-0.39, 0.29) is 0 Å². The van der Waals surface area contributed by atoms with Crippen molar-refractivity contribution in [1.82, 2.24) is 9.78 Å². The molecule has 2 aromatic rings. The van der Waals surface area contributed by atoms with Gasteiger partial charge in [-0.2, -0.15) is 5.10 Å². The van der Waals surface area contributed by atoms with Crippen molar-refractivity contribution < 1.29 is 4.74 Å². The van der Waals surface area contributed by atoms with Crippen molar-refractivity contribution in [3.8, 4) is 5.75 Å². The Balaban J connectivity index is 2.09. The molecule has 1 aromatic heterocycles. The van der Waals surface area contributed by atoms with Crippen LogP contribution in [0.25, 0.3) is 0 Å². The zero-order valence-electron chi connectivity index (χ0n) is 9.97. The van der Waals surface area contributed by atoms with E-state index in [0.29, 0.717) is 18.0 Å². The Morgan fingerprint density at radius 2 is 2.29 bits per heavy atom. The number of benzene rings is 1. The maximum atomic E-state index is 5.95. The van der Waals surface area contributed by atoms with Gasteiger partial charge < -0.3 is 15.8 Å². The lowest BCUT2D eigenvalue weighted by atomic mass is 10.2. The largest absolute Gasteiger partial charge is 0.495 e. The number of anilines is 2. The first-order chi connectivity index (χ1) is 8.20. The first-order valence-corrected chi connectivity index (χ1v) is 5.34. The molecule has 1 aromatic carbocycles. The Kier molecular flexibility index (Phi) is 3.18. The third kappa shape index (κ3) is 2.50. The van der Waals surface area contributed by atoms with Crippen LogP contribution in [0.1, 0.15) is 5.56 Å². The molecule has 0 aliphatic heterocycles. The van der Waals surface area contributed by atoms with Gasteiger partial charge in [-0.15, -0.1) is 0 Å². The summed E-state index contributed by atoms with van der Waals surface area (Å²) in [5, 5.41) is 7.36. The maximum absolute atomic E-state index is 5.95. The van der Waals surface area contributed by atoms with Gasteiger partial charge in [-0.25, -0.2) is 0 Å². The zero-order chi connectivity index (χ0) is 12.3. The number of nitrogens with zero attached hydrogens (tertiary/aromatic N) is 2. The second-order valence-corrected chi connectivity index (χ2v) is 3.80. The average molecular weight is 232 g/mol. The highest BCUT2D eigenvalue weighted by Crippen LogP contribution is 2.29. The molecular weight excluding hydrogens is 216 g/mol. The summed E-state index contributed by atoms with van der Waals surface area (Å²) >= 11 is 0. The molecule has 0 aliphatic rings. The fourth-order valence-corrected chi connectivity index (χ4v) is 1.64. The number of nitrogens with two attached hydrogens (primary N) is 1. The summed E-state index contributed by atoms with van der Waals surface area (Å²) in [6.45, 7) is 0.686. The van der Waals surface area contributed by atoms with E-state index in [1.165, 1.54) is 0 Å². The van der Waals surface area contributed by atoms with Crippen molar-refractivity contribution in [3.05, 3.63) is 36.2 Å². The van der Waals surface area contributed by atoms with Crippen LogP contribution in [0.15, 0.2) is 30.6 Å². The summed E-state index contributed by atoms with van der Waals surface area (Å²) in [6, 6.07) is 5.67. The number of methoxy groups -OCH3 is 1. The second-order valence-electron chi connectivity index (χ2n) is 3.80. The molecule has 0 amide bonds. The lowest BCUT2D eigenvalue weighted by molar-refractivity contribution is 0.417. The standard InChI is InChI=1S/C12H16N4O/c1-16-8-9(7-15-16)6-14-10-4-3-5-11(17-2)12(10)13/h3-5,7-8,14H,6,13H2,1-2H3. The number of hydrogen-bond donors (Lipinski definition) is 2. The molecule has 0 fully saturated rings. The van der Waals surface area contributed by atoms with Crippen LogP contribution in [0.5, 0.6) is 5.75 Å². The predicted molar refractivity (Wildman–Crippen MR) is 67.9 cm³/mol. The van der Waals surface area contributed by atoms with Gasteiger partial charge in [0, 0.05) is 25.4 Å². The van der Waals surface area contributed by atoms with Crippen LogP contribution in [0.3, 0.4) is 0 Å². The molecule has 5 heteroatoms. The molecule has 0 atom stereocenters. The van der Waals surface area contributed by atoms with Crippen LogP contribution in [0.4, 0.5) is 11.4 Å². The molecule has 3 N–H and O–H groups in total. The SMILES string of the molecule is COc1cccc(NCc2cnn(C)c2)c1N. The van der Waals surface area contributed by atoms with Gasteiger partial charge in [0.25, 0.3) is 0 Å². The summed E-state index contributed by atoms with van der Waals surface area (Å²) in [6.07, 6.45) is 3.78. The van der Waals surface area contributed by atoms with Crippen LogP contribution in [-0.4, -0.2) is 16.9 Å². The molecule has 1 heterocycles. The normalized spacial score (nSPS) is 10.2. The average Bonchev–Trinajstić information content (AvgIpc) is 2.74. The van der Waals surface area contributed by atoms with Gasteiger partial charge in [-0.3, -0.25) is 4.68 Å². The van der Waals surface area contributed by atoms with Gasteiger partial charge in [0.05, 0.1) is 24.7 Å². The Morgan fingerprint density at radius 1 is 1.47 bits per heavy atom. The zero-order valence-corrected chi connectivity index (χ0v) is 9.97. The van der Waals surface area contributed by atoms with Crippen LogP contribution in [0, 0.1) is 0 Å². The summed E-state index contributed by atoms with van der Waals surface area (Å²) in [5.74, 6) is 0.682. The van der Waals surface area contributed by atoms with Crippen molar-refractivity contribution in [1.29, 1.82) is 0 Å². The van der Waals surface area contributed by atoms with Gasteiger partial charge >= 0.3 is 0 Å². The number of hydrogen-bond acceptors (Lipinski definition) is 4. The van der Waals surface area contributed by atoms with Gasteiger partial charge in [0.2, 0.25) is 0 Å². The lowest BCUT2D eigenvalue weighted by Crippen LogP contribution is -2.03. The number of aromatic nitrogens is 2. The number of nitrogen functional groups attached to an aromatic ring is 1.